The fourth-order valence-corrected chi connectivity index (χ4v) is 2.53. The van der Waals surface area contributed by atoms with Gasteiger partial charge in [0.2, 0.25) is 10.0 Å². The van der Waals surface area contributed by atoms with Crippen molar-refractivity contribution in [2.75, 3.05) is 6.54 Å². The van der Waals surface area contributed by atoms with Crippen molar-refractivity contribution in [1.82, 2.24) is 10.1 Å². The van der Waals surface area contributed by atoms with E-state index in [1.54, 1.807) is 18.2 Å². The van der Waals surface area contributed by atoms with Gasteiger partial charge in [0.25, 0.3) is 5.91 Å². The molecule has 0 aliphatic rings. The zero-order valence-electron chi connectivity index (χ0n) is 12.3. The molecule has 0 unspecified atom stereocenters. The van der Waals surface area contributed by atoms with Crippen LogP contribution in [0, 0.1) is 0 Å². The number of nitrogens with one attached hydrogen (secondary N) is 2. The first-order valence-corrected chi connectivity index (χ1v) is 8.30. The molecule has 0 fully saturated rings. The Kier molecular flexibility index (Phi) is 7.04. The second-order valence-electron chi connectivity index (χ2n) is 4.62. The van der Waals surface area contributed by atoms with Gasteiger partial charge in [-0.3, -0.25) is 4.79 Å². The normalized spacial score (nSPS) is 12.2. The maximum absolute atomic E-state index is 11.9. The van der Waals surface area contributed by atoms with Crippen molar-refractivity contribution in [1.29, 1.82) is 0 Å². The minimum atomic E-state index is -3.67. The Morgan fingerprint density at radius 3 is 2.52 bits per heavy atom. The molecule has 0 aromatic heterocycles. The molecule has 0 aliphatic heterocycles. The van der Waals surface area contributed by atoms with Gasteiger partial charge < -0.3 is 0 Å². The van der Waals surface area contributed by atoms with E-state index >= 15 is 0 Å². The van der Waals surface area contributed by atoms with Gasteiger partial charge in [-0.25, -0.2) is 18.6 Å². The van der Waals surface area contributed by atoms with Crippen LogP contribution in [0.25, 0.3) is 0 Å². The summed E-state index contributed by atoms with van der Waals surface area (Å²) in [7, 11) is -3.67. The van der Waals surface area contributed by atoms with Crippen LogP contribution < -0.4 is 10.1 Å². The van der Waals surface area contributed by atoms with Crippen LogP contribution in [0.5, 0.6) is 0 Å². The summed E-state index contributed by atoms with van der Waals surface area (Å²) >= 11 is 0. The molecule has 1 amide bonds. The molecule has 116 valence electrons. The average molecular weight is 311 g/mol. The number of hydrogen-bond acceptors (Lipinski definition) is 4. The third-order valence-corrected chi connectivity index (χ3v) is 4.16. The van der Waals surface area contributed by atoms with Crippen LogP contribution in [-0.4, -0.2) is 26.6 Å². The van der Waals surface area contributed by atoms with Crippen LogP contribution in [0.3, 0.4) is 0 Å². The van der Waals surface area contributed by atoms with Crippen LogP contribution >= 0.6 is 0 Å². The minimum absolute atomic E-state index is 0.125. The van der Waals surface area contributed by atoms with E-state index in [1.165, 1.54) is 12.1 Å². The van der Waals surface area contributed by atoms with E-state index in [4.69, 9.17) is 0 Å². The Balaban J connectivity index is 2.46. The van der Waals surface area contributed by atoms with Crippen molar-refractivity contribution in [2.45, 2.75) is 38.0 Å². The highest BCUT2D eigenvalue weighted by Crippen LogP contribution is 2.06. The summed E-state index contributed by atoms with van der Waals surface area (Å²) in [6.45, 7) is 3.55. The van der Waals surface area contributed by atoms with Gasteiger partial charge >= 0.3 is 0 Å². The second-order valence-corrected chi connectivity index (χ2v) is 6.39. The SMILES string of the molecule is CCCC/C(C)=N\NC(=O)CNS(=O)(=O)c1ccccc1. The third-order valence-electron chi connectivity index (χ3n) is 2.74. The largest absolute Gasteiger partial charge is 0.272 e. The van der Waals surface area contributed by atoms with Gasteiger partial charge in [0.1, 0.15) is 0 Å². The highest BCUT2D eigenvalue weighted by molar-refractivity contribution is 7.89. The number of unbranched alkanes of at least 4 members (excludes halogenated alkanes) is 1. The van der Waals surface area contributed by atoms with Crippen molar-refractivity contribution in [3.63, 3.8) is 0 Å². The first-order chi connectivity index (χ1) is 9.95. The summed E-state index contributed by atoms with van der Waals surface area (Å²) < 4.78 is 26.0. The lowest BCUT2D eigenvalue weighted by atomic mass is 10.2. The Bertz CT molecular complexity index is 583. The molecule has 0 heterocycles. The van der Waals surface area contributed by atoms with E-state index in [2.05, 4.69) is 22.2 Å². The Labute approximate surface area is 125 Å². The summed E-state index contributed by atoms with van der Waals surface area (Å²) in [5, 5.41) is 3.92. The number of carbonyl (C=O) groups is 1. The fraction of sp³-hybridized carbons (Fsp3) is 0.429. The molecule has 0 atom stereocenters. The van der Waals surface area contributed by atoms with Gasteiger partial charge in [-0.2, -0.15) is 5.10 Å². The fourth-order valence-electron chi connectivity index (χ4n) is 1.53. The van der Waals surface area contributed by atoms with Crippen molar-refractivity contribution >= 4 is 21.6 Å². The molecule has 1 rings (SSSR count). The van der Waals surface area contributed by atoms with E-state index in [0.29, 0.717) is 0 Å². The third kappa shape index (κ3) is 6.50. The number of nitrogens with zero attached hydrogens (tertiary/aromatic N) is 1. The summed E-state index contributed by atoms with van der Waals surface area (Å²) in [5.41, 5.74) is 3.15. The van der Waals surface area contributed by atoms with Crippen LogP contribution in [0.15, 0.2) is 40.3 Å². The molecule has 21 heavy (non-hydrogen) atoms. The lowest BCUT2D eigenvalue weighted by molar-refractivity contribution is -0.119. The molecular weight excluding hydrogens is 290 g/mol. The molecule has 1 aromatic carbocycles. The first-order valence-electron chi connectivity index (χ1n) is 6.82. The molecule has 0 aliphatic carbocycles. The number of hydrogen-bond donors (Lipinski definition) is 2. The maximum Gasteiger partial charge on any atom is 0.255 e. The van der Waals surface area contributed by atoms with E-state index in [-0.39, 0.29) is 11.4 Å². The molecular formula is C14H21N3O3S. The van der Waals surface area contributed by atoms with Crippen molar-refractivity contribution in [3.05, 3.63) is 30.3 Å². The monoisotopic (exact) mass is 311 g/mol. The predicted molar refractivity (Wildman–Crippen MR) is 82.4 cm³/mol. The van der Waals surface area contributed by atoms with Crippen molar-refractivity contribution in [3.8, 4) is 0 Å². The molecule has 0 radical (unpaired) electrons. The number of sulfonamides is 1. The number of carbonyl (C=O) groups excluding carboxylic acids is 1. The van der Waals surface area contributed by atoms with Gasteiger partial charge in [-0.1, -0.05) is 31.5 Å². The molecule has 0 saturated heterocycles. The van der Waals surface area contributed by atoms with Gasteiger partial charge in [0, 0.05) is 5.71 Å². The topological polar surface area (TPSA) is 87.6 Å². The first kappa shape index (κ1) is 17.3. The number of rotatable bonds is 8. The summed E-state index contributed by atoms with van der Waals surface area (Å²) in [6, 6.07) is 7.89. The van der Waals surface area contributed by atoms with E-state index < -0.39 is 15.9 Å². The zero-order valence-corrected chi connectivity index (χ0v) is 13.1. The van der Waals surface area contributed by atoms with Crippen LogP contribution in [0.1, 0.15) is 33.1 Å². The molecule has 0 saturated carbocycles. The molecule has 0 bridgehead atoms. The minimum Gasteiger partial charge on any atom is -0.272 e. The van der Waals surface area contributed by atoms with Crippen molar-refractivity contribution in [2.24, 2.45) is 5.10 Å². The standard InChI is InChI=1S/C14H21N3O3S/c1-3-4-8-12(2)16-17-14(18)11-15-21(19,20)13-9-6-5-7-10-13/h5-7,9-10,15H,3-4,8,11H2,1-2H3,(H,17,18)/b16-12-. The zero-order chi connectivity index (χ0) is 15.7. The summed E-state index contributed by atoms with van der Waals surface area (Å²) in [5.74, 6) is -0.495. The average Bonchev–Trinajstić information content (AvgIpc) is 2.49. The molecule has 6 nitrogen and oxygen atoms in total. The summed E-state index contributed by atoms with van der Waals surface area (Å²) in [4.78, 5) is 11.7. The smallest absolute Gasteiger partial charge is 0.255 e. The Hall–Kier alpha value is -1.73. The second kappa shape index (κ2) is 8.53. The predicted octanol–water partition coefficient (Wildman–Crippen LogP) is 1.65. The van der Waals surface area contributed by atoms with Gasteiger partial charge in [0.15, 0.2) is 0 Å². The lowest BCUT2D eigenvalue weighted by Crippen LogP contribution is -2.35. The number of amides is 1. The van der Waals surface area contributed by atoms with Gasteiger partial charge in [-0.15, -0.1) is 0 Å². The van der Waals surface area contributed by atoms with Crippen LogP contribution in [-0.2, 0) is 14.8 Å². The number of benzene rings is 1. The molecule has 0 spiro atoms. The van der Waals surface area contributed by atoms with Gasteiger partial charge in [0.05, 0.1) is 11.4 Å². The summed E-state index contributed by atoms with van der Waals surface area (Å²) in [6.07, 6.45) is 2.87. The quantitative estimate of drug-likeness (QED) is 0.565. The van der Waals surface area contributed by atoms with E-state index in [0.717, 1.165) is 25.0 Å². The molecule has 1 aromatic rings. The molecule has 7 heteroatoms. The van der Waals surface area contributed by atoms with Crippen LogP contribution in [0.2, 0.25) is 0 Å². The van der Waals surface area contributed by atoms with E-state index in [1.807, 2.05) is 6.92 Å². The van der Waals surface area contributed by atoms with Gasteiger partial charge in [-0.05, 0) is 31.9 Å². The Morgan fingerprint density at radius 1 is 1.24 bits per heavy atom. The lowest BCUT2D eigenvalue weighted by Gasteiger charge is -2.06. The Morgan fingerprint density at radius 2 is 1.90 bits per heavy atom. The number of hydrazone groups is 1. The van der Waals surface area contributed by atoms with Crippen LogP contribution in [0.4, 0.5) is 0 Å². The van der Waals surface area contributed by atoms with E-state index in [9.17, 15) is 13.2 Å². The highest BCUT2D eigenvalue weighted by atomic mass is 32.2. The highest BCUT2D eigenvalue weighted by Gasteiger charge is 2.14. The van der Waals surface area contributed by atoms with Crippen molar-refractivity contribution < 1.29 is 13.2 Å². The molecule has 2 N–H and O–H groups in total. The maximum atomic E-state index is 11.9.